The number of nitrogens with two attached hydrogens (primary N) is 1. The highest BCUT2D eigenvalue weighted by atomic mass is 32.2. The monoisotopic (exact) mass is 239 g/mol. The Bertz CT molecular complexity index is 506. The second kappa shape index (κ2) is 3.86. The highest BCUT2D eigenvalue weighted by molar-refractivity contribution is 7.92. The van der Waals surface area contributed by atoms with Gasteiger partial charge in [0.2, 0.25) is 0 Å². The van der Waals surface area contributed by atoms with Crippen LogP contribution in [0.1, 0.15) is 25.0 Å². The van der Waals surface area contributed by atoms with Gasteiger partial charge in [-0.2, -0.15) is 0 Å². The first-order chi connectivity index (χ1) is 7.41. The summed E-state index contributed by atoms with van der Waals surface area (Å²) in [5.74, 6) is 0. The van der Waals surface area contributed by atoms with Crippen LogP contribution in [0.2, 0.25) is 0 Å². The summed E-state index contributed by atoms with van der Waals surface area (Å²) < 4.78 is 23.8. The third-order valence-electron chi connectivity index (χ3n) is 3.03. The van der Waals surface area contributed by atoms with Crippen molar-refractivity contribution in [2.24, 2.45) is 5.73 Å². The summed E-state index contributed by atoms with van der Waals surface area (Å²) in [6.45, 7) is 3.72. The predicted octanol–water partition coefficient (Wildman–Crippen LogP) is 1.29. The second-order valence-electron chi connectivity index (χ2n) is 4.68. The third kappa shape index (κ3) is 1.87. The molecule has 16 heavy (non-hydrogen) atoms. The number of benzene rings is 1. The summed E-state index contributed by atoms with van der Waals surface area (Å²) in [4.78, 5) is 0.508. The van der Waals surface area contributed by atoms with E-state index in [0.717, 1.165) is 17.5 Å². The molecule has 2 rings (SSSR count). The zero-order chi connectivity index (χ0) is 11.9. The van der Waals surface area contributed by atoms with Gasteiger partial charge in [-0.25, -0.2) is 8.42 Å². The smallest absolute Gasteiger partial charge is 0.181 e. The summed E-state index contributed by atoms with van der Waals surface area (Å²) in [5, 5.41) is -0.284. The van der Waals surface area contributed by atoms with Crippen molar-refractivity contribution in [1.82, 2.24) is 0 Å². The molecule has 0 fully saturated rings. The Morgan fingerprint density at radius 3 is 2.81 bits per heavy atom. The summed E-state index contributed by atoms with van der Waals surface area (Å²) in [5.41, 5.74) is 7.80. The van der Waals surface area contributed by atoms with Gasteiger partial charge in [0.25, 0.3) is 0 Å². The highest BCUT2D eigenvalue weighted by Crippen LogP contribution is 2.31. The van der Waals surface area contributed by atoms with E-state index >= 15 is 0 Å². The summed E-state index contributed by atoms with van der Waals surface area (Å²) in [6.07, 6.45) is 1.42. The summed E-state index contributed by atoms with van der Waals surface area (Å²) in [7, 11) is -3.06. The van der Waals surface area contributed by atoms with Crippen LogP contribution in [0.15, 0.2) is 23.1 Å². The largest absolute Gasteiger partial charge is 0.328 e. The maximum atomic E-state index is 11.9. The number of hydrogen-bond donors (Lipinski definition) is 1. The average Bonchev–Trinajstić information content (AvgIpc) is 2.36. The van der Waals surface area contributed by atoms with Crippen molar-refractivity contribution in [3.63, 3.8) is 0 Å². The van der Waals surface area contributed by atoms with E-state index in [4.69, 9.17) is 5.73 Å². The van der Waals surface area contributed by atoms with Gasteiger partial charge in [-0.15, -0.1) is 0 Å². The van der Waals surface area contributed by atoms with Gasteiger partial charge in [-0.1, -0.05) is 12.1 Å². The molecule has 0 aromatic heterocycles. The molecular weight excluding hydrogens is 222 g/mol. The van der Waals surface area contributed by atoms with Crippen molar-refractivity contribution >= 4 is 9.84 Å². The van der Waals surface area contributed by atoms with Crippen LogP contribution >= 0.6 is 0 Å². The predicted molar refractivity (Wildman–Crippen MR) is 64.1 cm³/mol. The first-order valence-electron chi connectivity index (χ1n) is 5.52. The van der Waals surface area contributed by atoms with Gasteiger partial charge in [0.1, 0.15) is 0 Å². The topological polar surface area (TPSA) is 60.2 Å². The fraction of sp³-hybridized carbons (Fsp3) is 0.500. The van der Waals surface area contributed by atoms with Gasteiger partial charge in [0.15, 0.2) is 9.84 Å². The molecule has 1 aromatic rings. The van der Waals surface area contributed by atoms with Crippen LogP contribution in [0.5, 0.6) is 0 Å². The van der Waals surface area contributed by atoms with Gasteiger partial charge in [0.05, 0.1) is 10.1 Å². The molecule has 3 nitrogen and oxygen atoms in total. The molecule has 4 heteroatoms. The molecule has 2 atom stereocenters. The molecular formula is C12H17NO2S. The minimum Gasteiger partial charge on any atom is -0.328 e. The molecule has 88 valence electrons. The van der Waals surface area contributed by atoms with Crippen LogP contribution in [0.25, 0.3) is 0 Å². The minimum absolute atomic E-state index is 0.105. The average molecular weight is 239 g/mol. The summed E-state index contributed by atoms with van der Waals surface area (Å²) in [6, 6.07) is 5.69. The van der Waals surface area contributed by atoms with Gasteiger partial charge >= 0.3 is 0 Å². The maximum Gasteiger partial charge on any atom is 0.181 e. The standard InChI is InChI=1S/C12H17NO2S/c1-8(13)5-10-3-4-12-11(7-10)6-9(2)16(12,14)15/h3-4,7-9H,5-6,13H2,1-2H3. The van der Waals surface area contributed by atoms with Crippen LogP contribution in [0, 0.1) is 0 Å². The van der Waals surface area contributed by atoms with Crippen molar-refractivity contribution in [3.8, 4) is 0 Å². The molecule has 0 amide bonds. The van der Waals surface area contributed by atoms with Crippen molar-refractivity contribution in [1.29, 1.82) is 0 Å². The molecule has 2 N–H and O–H groups in total. The quantitative estimate of drug-likeness (QED) is 0.846. The van der Waals surface area contributed by atoms with Crippen molar-refractivity contribution in [2.75, 3.05) is 0 Å². The lowest BCUT2D eigenvalue weighted by atomic mass is 10.0. The maximum absolute atomic E-state index is 11.9. The second-order valence-corrected chi connectivity index (χ2v) is 7.02. The number of rotatable bonds is 2. The van der Waals surface area contributed by atoms with Gasteiger partial charge in [-0.3, -0.25) is 0 Å². The van der Waals surface area contributed by atoms with Gasteiger partial charge in [0, 0.05) is 6.04 Å². The van der Waals surface area contributed by atoms with Crippen LogP contribution < -0.4 is 5.73 Å². The van der Waals surface area contributed by atoms with E-state index in [1.165, 1.54) is 0 Å². The molecule has 1 aliphatic rings. The lowest BCUT2D eigenvalue weighted by Gasteiger charge is -2.06. The number of sulfone groups is 1. The Hall–Kier alpha value is -0.870. The molecule has 0 radical (unpaired) electrons. The van der Waals surface area contributed by atoms with E-state index < -0.39 is 9.84 Å². The van der Waals surface area contributed by atoms with Gasteiger partial charge in [-0.05, 0) is 43.9 Å². The Kier molecular flexibility index (Phi) is 2.80. The summed E-state index contributed by atoms with van der Waals surface area (Å²) >= 11 is 0. The molecule has 0 saturated carbocycles. The number of fused-ring (bicyclic) bond motifs is 1. The highest BCUT2D eigenvalue weighted by Gasteiger charge is 2.33. The number of hydrogen-bond acceptors (Lipinski definition) is 3. The molecule has 1 heterocycles. The van der Waals surface area contributed by atoms with Crippen LogP contribution in [-0.2, 0) is 22.7 Å². The Labute approximate surface area is 96.6 Å². The fourth-order valence-corrected chi connectivity index (χ4v) is 3.80. The molecule has 0 spiro atoms. The SMILES string of the molecule is CC(N)Cc1ccc2c(c1)CC(C)S2(=O)=O. The zero-order valence-corrected chi connectivity index (χ0v) is 10.4. The molecule has 0 bridgehead atoms. The zero-order valence-electron chi connectivity index (χ0n) is 9.60. The molecule has 1 aliphatic heterocycles. The first-order valence-corrected chi connectivity index (χ1v) is 7.07. The third-order valence-corrected chi connectivity index (χ3v) is 5.26. The van der Waals surface area contributed by atoms with Crippen molar-refractivity contribution in [3.05, 3.63) is 29.3 Å². The van der Waals surface area contributed by atoms with E-state index in [9.17, 15) is 8.42 Å². The van der Waals surface area contributed by atoms with Crippen LogP contribution in [0.4, 0.5) is 0 Å². The Balaban J connectivity index is 2.41. The van der Waals surface area contributed by atoms with E-state index in [1.54, 1.807) is 13.0 Å². The normalized spacial score (nSPS) is 24.1. The van der Waals surface area contributed by atoms with E-state index in [-0.39, 0.29) is 11.3 Å². The lowest BCUT2D eigenvalue weighted by Crippen LogP contribution is -2.17. The van der Waals surface area contributed by atoms with E-state index in [0.29, 0.717) is 11.3 Å². The Morgan fingerprint density at radius 1 is 1.50 bits per heavy atom. The molecule has 2 unspecified atom stereocenters. The van der Waals surface area contributed by atoms with Crippen molar-refractivity contribution in [2.45, 2.75) is 42.9 Å². The fourth-order valence-electron chi connectivity index (χ4n) is 2.20. The van der Waals surface area contributed by atoms with E-state index in [2.05, 4.69) is 0 Å². The molecule has 0 saturated heterocycles. The van der Waals surface area contributed by atoms with Crippen LogP contribution in [-0.4, -0.2) is 19.7 Å². The Morgan fingerprint density at radius 2 is 2.19 bits per heavy atom. The first kappa shape index (κ1) is 11.6. The van der Waals surface area contributed by atoms with Crippen LogP contribution in [0.3, 0.4) is 0 Å². The van der Waals surface area contributed by atoms with Crippen molar-refractivity contribution < 1.29 is 8.42 Å². The minimum atomic E-state index is -3.06. The molecule has 1 aromatic carbocycles. The lowest BCUT2D eigenvalue weighted by molar-refractivity contribution is 0.590. The molecule has 0 aliphatic carbocycles. The van der Waals surface area contributed by atoms with Gasteiger partial charge < -0.3 is 5.73 Å². The van der Waals surface area contributed by atoms with E-state index in [1.807, 2.05) is 19.1 Å².